The van der Waals surface area contributed by atoms with Gasteiger partial charge in [0.15, 0.2) is 0 Å². The van der Waals surface area contributed by atoms with Crippen molar-refractivity contribution in [3.8, 4) is 12.3 Å². The van der Waals surface area contributed by atoms with E-state index < -0.39 is 5.91 Å². The van der Waals surface area contributed by atoms with Crippen LogP contribution in [0.4, 0.5) is 0 Å². The summed E-state index contributed by atoms with van der Waals surface area (Å²) in [5, 5.41) is 6.23. The van der Waals surface area contributed by atoms with Crippen molar-refractivity contribution in [1.29, 1.82) is 0 Å². The maximum Gasteiger partial charge on any atom is 0.295 e. The van der Waals surface area contributed by atoms with E-state index in [-0.39, 0.29) is 0 Å². The van der Waals surface area contributed by atoms with E-state index in [1.54, 1.807) is 0 Å². The summed E-state index contributed by atoms with van der Waals surface area (Å²) in [5.41, 5.74) is 0.832. The smallest absolute Gasteiger partial charge is 0.295 e. The predicted molar refractivity (Wildman–Crippen MR) is 46.8 cm³/mol. The average Bonchev–Trinajstić information content (AvgIpc) is 2.51. The third-order valence-corrected chi connectivity index (χ3v) is 1.46. The SMILES string of the molecule is C#CC(=O)NCCc1cc(C)no1. The molecule has 0 unspecified atom stereocenters. The topological polar surface area (TPSA) is 55.1 Å². The Bertz CT molecular complexity index is 336. The number of hydrogen-bond donors (Lipinski definition) is 1. The number of terminal acetylenes is 1. The highest BCUT2D eigenvalue weighted by Crippen LogP contribution is 2.01. The number of aryl methyl sites for hydroxylation is 1. The largest absolute Gasteiger partial charge is 0.361 e. The summed E-state index contributed by atoms with van der Waals surface area (Å²) >= 11 is 0. The molecule has 68 valence electrons. The Kier molecular flexibility index (Phi) is 3.09. The highest BCUT2D eigenvalue weighted by molar-refractivity contribution is 5.92. The molecule has 0 aromatic carbocycles. The van der Waals surface area contributed by atoms with Gasteiger partial charge in [0.2, 0.25) is 0 Å². The van der Waals surface area contributed by atoms with Crippen LogP contribution in [0, 0.1) is 19.3 Å². The van der Waals surface area contributed by atoms with Crippen LogP contribution in [0.3, 0.4) is 0 Å². The number of carbonyl (C=O) groups is 1. The maximum absolute atomic E-state index is 10.6. The quantitative estimate of drug-likeness (QED) is 0.676. The third-order valence-electron chi connectivity index (χ3n) is 1.46. The van der Waals surface area contributed by atoms with Crippen LogP contribution in [-0.4, -0.2) is 17.6 Å². The molecular weight excluding hydrogens is 168 g/mol. The molecule has 0 aliphatic heterocycles. The van der Waals surface area contributed by atoms with Gasteiger partial charge in [0, 0.05) is 19.0 Å². The minimum Gasteiger partial charge on any atom is -0.361 e. The lowest BCUT2D eigenvalue weighted by Gasteiger charge is -1.96. The number of carbonyl (C=O) groups excluding carboxylic acids is 1. The van der Waals surface area contributed by atoms with Gasteiger partial charge in [-0.15, -0.1) is 6.42 Å². The molecule has 0 atom stereocenters. The number of hydrogen-bond acceptors (Lipinski definition) is 3. The molecule has 1 amide bonds. The van der Waals surface area contributed by atoms with E-state index in [1.165, 1.54) is 0 Å². The van der Waals surface area contributed by atoms with Gasteiger partial charge in [-0.05, 0) is 12.8 Å². The molecule has 0 fully saturated rings. The van der Waals surface area contributed by atoms with Crippen molar-refractivity contribution < 1.29 is 9.32 Å². The van der Waals surface area contributed by atoms with Gasteiger partial charge in [-0.3, -0.25) is 4.79 Å². The molecule has 0 spiro atoms. The molecule has 0 saturated carbocycles. The van der Waals surface area contributed by atoms with Crippen LogP contribution in [-0.2, 0) is 11.2 Å². The molecule has 1 heterocycles. The standard InChI is InChI=1S/C9H10N2O2/c1-3-9(12)10-5-4-8-6-7(2)11-13-8/h1,6H,4-5H2,2H3,(H,10,12). The van der Waals surface area contributed by atoms with Crippen LogP contribution in [0.25, 0.3) is 0 Å². The van der Waals surface area contributed by atoms with Crippen LogP contribution < -0.4 is 5.32 Å². The van der Waals surface area contributed by atoms with E-state index in [0.29, 0.717) is 13.0 Å². The number of nitrogens with zero attached hydrogens (tertiary/aromatic N) is 1. The first-order valence-electron chi connectivity index (χ1n) is 3.89. The Morgan fingerprint density at radius 1 is 1.85 bits per heavy atom. The Morgan fingerprint density at radius 2 is 2.62 bits per heavy atom. The first-order valence-corrected chi connectivity index (χ1v) is 3.89. The minimum atomic E-state index is -0.406. The fraction of sp³-hybridized carbons (Fsp3) is 0.333. The summed E-state index contributed by atoms with van der Waals surface area (Å²) in [4.78, 5) is 10.6. The molecule has 4 heteroatoms. The Labute approximate surface area is 76.3 Å². The second kappa shape index (κ2) is 4.31. The second-order valence-corrected chi connectivity index (χ2v) is 2.58. The van der Waals surface area contributed by atoms with Gasteiger partial charge in [-0.25, -0.2) is 0 Å². The first-order chi connectivity index (χ1) is 6.22. The lowest BCUT2D eigenvalue weighted by atomic mass is 10.3. The lowest BCUT2D eigenvalue weighted by Crippen LogP contribution is -2.23. The number of aromatic nitrogens is 1. The van der Waals surface area contributed by atoms with Crippen LogP contribution in [0.5, 0.6) is 0 Å². The van der Waals surface area contributed by atoms with Crippen LogP contribution in [0.2, 0.25) is 0 Å². The molecule has 13 heavy (non-hydrogen) atoms. The van der Waals surface area contributed by atoms with Gasteiger partial charge in [-0.2, -0.15) is 0 Å². The van der Waals surface area contributed by atoms with Crippen LogP contribution in [0.15, 0.2) is 10.6 Å². The van der Waals surface area contributed by atoms with Gasteiger partial charge in [0.05, 0.1) is 5.69 Å². The van der Waals surface area contributed by atoms with Crippen molar-refractivity contribution >= 4 is 5.91 Å². The molecule has 0 aliphatic carbocycles. The monoisotopic (exact) mass is 178 g/mol. The maximum atomic E-state index is 10.6. The first kappa shape index (κ1) is 9.33. The number of nitrogens with one attached hydrogen (secondary N) is 1. The van der Waals surface area contributed by atoms with Crippen molar-refractivity contribution in [2.75, 3.05) is 6.54 Å². The zero-order chi connectivity index (χ0) is 9.68. The van der Waals surface area contributed by atoms with Gasteiger partial charge in [-0.1, -0.05) is 5.16 Å². The third kappa shape index (κ3) is 2.99. The van der Waals surface area contributed by atoms with Crippen molar-refractivity contribution in [2.45, 2.75) is 13.3 Å². The van der Waals surface area contributed by atoms with E-state index in [0.717, 1.165) is 11.5 Å². The normalized spacial score (nSPS) is 9.23. The predicted octanol–water partition coefficient (Wildman–Crippen LogP) is 0.275. The molecular formula is C9H10N2O2. The van der Waals surface area contributed by atoms with E-state index in [4.69, 9.17) is 10.9 Å². The minimum absolute atomic E-state index is 0.406. The van der Waals surface area contributed by atoms with Gasteiger partial charge in [0.25, 0.3) is 5.91 Å². The summed E-state index contributed by atoms with van der Waals surface area (Å²) in [6.07, 6.45) is 5.46. The Hall–Kier alpha value is -1.76. The summed E-state index contributed by atoms with van der Waals surface area (Å²) in [5.74, 6) is 2.30. The summed E-state index contributed by atoms with van der Waals surface area (Å²) in [7, 11) is 0. The fourth-order valence-electron chi connectivity index (χ4n) is 0.884. The fourth-order valence-corrected chi connectivity index (χ4v) is 0.884. The van der Waals surface area contributed by atoms with Gasteiger partial charge >= 0.3 is 0 Å². The van der Waals surface area contributed by atoms with Crippen LogP contribution >= 0.6 is 0 Å². The molecule has 1 aromatic rings. The van der Waals surface area contributed by atoms with Crippen molar-refractivity contribution in [2.24, 2.45) is 0 Å². The molecule has 1 rings (SSSR count). The zero-order valence-electron chi connectivity index (χ0n) is 7.33. The summed E-state index contributed by atoms with van der Waals surface area (Å²) in [6.45, 7) is 2.31. The Morgan fingerprint density at radius 3 is 3.15 bits per heavy atom. The van der Waals surface area contributed by atoms with Gasteiger partial charge in [0.1, 0.15) is 5.76 Å². The van der Waals surface area contributed by atoms with Crippen molar-refractivity contribution in [1.82, 2.24) is 10.5 Å². The number of amides is 1. The van der Waals surface area contributed by atoms with E-state index >= 15 is 0 Å². The van der Waals surface area contributed by atoms with E-state index in [2.05, 4.69) is 10.5 Å². The van der Waals surface area contributed by atoms with Crippen LogP contribution in [0.1, 0.15) is 11.5 Å². The second-order valence-electron chi connectivity index (χ2n) is 2.58. The molecule has 0 bridgehead atoms. The highest BCUT2D eigenvalue weighted by Gasteiger charge is 2.00. The molecule has 0 radical (unpaired) electrons. The molecule has 1 aromatic heterocycles. The molecule has 4 nitrogen and oxygen atoms in total. The van der Waals surface area contributed by atoms with E-state index in [9.17, 15) is 4.79 Å². The van der Waals surface area contributed by atoms with Crippen molar-refractivity contribution in [3.63, 3.8) is 0 Å². The zero-order valence-corrected chi connectivity index (χ0v) is 7.33. The Balaban J connectivity index is 2.29. The molecule has 0 saturated heterocycles. The number of rotatable bonds is 3. The average molecular weight is 178 g/mol. The molecule has 0 aliphatic rings. The lowest BCUT2D eigenvalue weighted by molar-refractivity contribution is -0.115. The summed E-state index contributed by atoms with van der Waals surface area (Å²) < 4.78 is 4.93. The molecule has 1 N–H and O–H groups in total. The summed E-state index contributed by atoms with van der Waals surface area (Å²) in [6, 6.07) is 1.82. The highest BCUT2D eigenvalue weighted by atomic mass is 16.5. The van der Waals surface area contributed by atoms with Gasteiger partial charge < -0.3 is 9.84 Å². The van der Waals surface area contributed by atoms with E-state index in [1.807, 2.05) is 18.9 Å². The van der Waals surface area contributed by atoms with Crippen molar-refractivity contribution in [3.05, 3.63) is 17.5 Å².